The number of ether oxygens (including phenoxy) is 2. The van der Waals surface area contributed by atoms with Gasteiger partial charge in [-0.15, -0.1) is 0 Å². The van der Waals surface area contributed by atoms with E-state index >= 15 is 0 Å². The second kappa shape index (κ2) is 8.11. The summed E-state index contributed by atoms with van der Waals surface area (Å²) in [5.41, 5.74) is 0.364. The van der Waals surface area contributed by atoms with Gasteiger partial charge < -0.3 is 20.1 Å². The maximum atomic E-state index is 12.0. The maximum absolute atomic E-state index is 12.0. The molecule has 0 aliphatic carbocycles. The normalized spacial score (nSPS) is 16.1. The van der Waals surface area contributed by atoms with Crippen LogP contribution in [0, 0.1) is 0 Å². The molecule has 0 unspecified atom stereocenters. The molecule has 1 aliphatic rings. The van der Waals surface area contributed by atoms with Gasteiger partial charge in [-0.05, 0) is 32.0 Å². The Kier molecular flexibility index (Phi) is 6.17. The molecule has 0 atom stereocenters. The molecule has 0 aromatic carbocycles. The molecule has 128 valence electrons. The predicted octanol–water partition coefficient (Wildman–Crippen LogP) is 1.73. The molecule has 1 aromatic heterocycles. The van der Waals surface area contributed by atoms with Gasteiger partial charge >= 0.3 is 6.18 Å². The average molecular weight is 333 g/mol. The highest BCUT2D eigenvalue weighted by Gasteiger charge is 2.28. The van der Waals surface area contributed by atoms with Crippen molar-refractivity contribution in [2.75, 3.05) is 31.6 Å². The summed E-state index contributed by atoms with van der Waals surface area (Å²) in [4.78, 5) is 15.4. The van der Waals surface area contributed by atoms with Crippen LogP contribution in [0.5, 0.6) is 5.88 Å². The largest absolute Gasteiger partial charge is 0.468 e. The Morgan fingerprint density at radius 1 is 1.35 bits per heavy atom. The number of nitrogens with one attached hydrogen (secondary N) is 2. The molecule has 0 spiro atoms. The summed E-state index contributed by atoms with van der Waals surface area (Å²) in [6.45, 7) is 0.262. The lowest BCUT2D eigenvalue weighted by molar-refractivity contribution is -0.154. The van der Waals surface area contributed by atoms with E-state index < -0.39 is 12.8 Å². The van der Waals surface area contributed by atoms with E-state index in [0.717, 1.165) is 25.9 Å². The van der Waals surface area contributed by atoms with Crippen LogP contribution < -0.4 is 15.4 Å². The molecule has 1 fully saturated rings. The lowest BCUT2D eigenvalue weighted by atomic mass is 10.1. The second-order valence-corrected chi connectivity index (χ2v) is 5.10. The zero-order valence-corrected chi connectivity index (χ0v) is 12.4. The molecule has 6 nitrogen and oxygen atoms in total. The van der Waals surface area contributed by atoms with Crippen LogP contribution in [0.25, 0.3) is 0 Å². The van der Waals surface area contributed by atoms with Gasteiger partial charge in [0.05, 0.1) is 18.0 Å². The molecule has 23 heavy (non-hydrogen) atoms. The van der Waals surface area contributed by atoms with E-state index in [4.69, 9.17) is 4.74 Å². The minimum Gasteiger partial charge on any atom is -0.468 e. The van der Waals surface area contributed by atoms with Crippen molar-refractivity contribution in [2.45, 2.75) is 25.1 Å². The molecule has 2 rings (SSSR count). The zero-order chi connectivity index (χ0) is 16.7. The molecule has 2 N–H and O–H groups in total. The third-order valence-electron chi connectivity index (χ3n) is 3.14. The molecule has 1 aliphatic heterocycles. The number of anilines is 1. The van der Waals surface area contributed by atoms with Crippen LogP contribution >= 0.6 is 0 Å². The van der Waals surface area contributed by atoms with Crippen LogP contribution in [0.1, 0.15) is 12.8 Å². The summed E-state index contributed by atoms with van der Waals surface area (Å²) in [6.07, 6.45) is -1.40. The number of rotatable bonds is 6. The van der Waals surface area contributed by atoms with Crippen molar-refractivity contribution < 1.29 is 27.4 Å². The van der Waals surface area contributed by atoms with E-state index in [-0.39, 0.29) is 24.5 Å². The zero-order valence-electron chi connectivity index (χ0n) is 12.4. The molecule has 1 aromatic rings. The number of halogens is 3. The van der Waals surface area contributed by atoms with E-state index in [1.165, 1.54) is 18.3 Å². The first-order chi connectivity index (χ1) is 10.9. The smallest absolute Gasteiger partial charge is 0.422 e. The van der Waals surface area contributed by atoms with Crippen molar-refractivity contribution in [3.63, 3.8) is 0 Å². The Morgan fingerprint density at radius 3 is 2.70 bits per heavy atom. The number of pyridine rings is 1. The van der Waals surface area contributed by atoms with E-state index in [1.54, 1.807) is 0 Å². The summed E-state index contributed by atoms with van der Waals surface area (Å²) < 4.78 is 46.0. The Morgan fingerprint density at radius 2 is 2.09 bits per heavy atom. The van der Waals surface area contributed by atoms with Crippen LogP contribution in [-0.4, -0.2) is 49.5 Å². The Bertz CT molecular complexity index is 502. The molecular formula is C14H18F3N3O3. The first-order valence-corrected chi connectivity index (χ1v) is 7.20. The second-order valence-electron chi connectivity index (χ2n) is 5.10. The highest BCUT2D eigenvalue weighted by Crippen LogP contribution is 2.18. The monoisotopic (exact) mass is 333 g/mol. The number of hydrogen-bond acceptors (Lipinski definition) is 5. The number of alkyl halides is 3. The Labute approximate surface area is 131 Å². The predicted molar refractivity (Wildman–Crippen MR) is 76.3 cm³/mol. The van der Waals surface area contributed by atoms with Gasteiger partial charge in [-0.3, -0.25) is 4.79 Å². The lowest BCUT2D eigenvalue weighted by Gasteiger charge is -2.22. The van der Waals surface area contributed by atoms with E-state index in [1.807, 2.05) is 0 Å². The molecule has 1 amide bonds. The number of aromatic nitrogens is 1. The average Bonchev–Trinajstić information content (AvgIpc) is 2.53. The van der Waals surface area contributed by atoms with Crippen molar-refractivity contribution in [1.82, 2.24) is 10.3 Å². The third kappa shape index (κ3) is 6.83. The standard InChI is InChI=1S/C14H18F3N3O3/c15-14(16,17)9-23-13-2-1-10(7-19-13)20-12(21)8-22-11-3-5-18-6-4-11/h1-2,7,11,18H,3-6,8-9H2,(H,20,21). The van der Waals surface area contributed by atoms with Crippen LogP contribution in [0.15, 0.2) is 18.3 Å². The highest BCUT2D eigenvalue weighted by atomic mass is 19.4. The topological polar surface area (TPSA) is 72.5 Å². The van der Waals surface area contributed by atoms with Crippen molar-refractivity contribution in [2.24, 2.45) is 0 Å². The first-order valence-electron chi connectivity index (χ1n) is 7.20. The quantitative estimate of drug-likeness (QED) is 0.829. The van der Waals surface area contributed by atoms with Gasteiger partial charge in [0.25, 0.3) is 0 Å². The fourth-order valence-corrected chi connectivity index (χ4v) is 2.05. The number of hydrogen-bond donors (Lipinski definition) is 2. The van der Waals surface area contributed by atoms with E-state index in [0.29, 0.717) is 5.69 Å². The van der Waals surface area contributed by atoms with Gasteiger partial charge in [0, 0.05) is 6.07 Å². The summed E-state index contributed by atoms with van der Waals surface area (Å²) in [6, 6.07) is 2.68. The summed E-state index contributed by atoms with van der Waals surface area (Å²) in [5, 5.41) is 5.76. The van der Waals surface area contributed by atoms with Gasteiger partial charge in [0.15, 0.2) is 6.61 Å². The van der Waals surface area contributed by atoms with Crippen molar-refractivity contribution in [3.8, 4) is 5.88 Å². The first kappa shape index (κ1) is 17.5. The minimum atomic E-state index is -4.42. The number of amides is 1. The number of carbonyl (C=O) groups is 1. The maximum Gasteiger partial charge on any atom is 0.422 e. The van der Waals surface area contributed by atoms with Crippen LogP contribution in [0.4, 0.5) is 18.9 Å². The molecule has 0 bridgehead atoms. The number of piperidine rings is 1. The minimum absolute atomic E-state index is 0.0678. The summed E-state index contributed by atoms with van der Waals surface area (Å²) in [7, 11) is 0. The SMILES string of the molecule is O=C(COC1CCNCC1)Nc1ccc(OCC(F)(F)F)nc1. The number of nitrogens with zero attached hydrogens (tertiary/aromatic N) is 1. The molecular weight excluding hydrogens is 315 g/mol. The van der Waals surface area contributed by atoms with E-state index in [9.17, 15) is 18.0 Å². The molecule has 0 saturated carbocycles. The fourth-order valence-electron chi connectivity index (χ4n) is 2.05. The van der Waals surface area contributed by atoms with Crippen LogP contribution in [0.2, 0.25) is 0 Å². The Hall–Kier alpha value is -1.87. The fraction of sp³-hybridized carbons (Fsp3) is 0.571. The molecule has 2 heterocycles. The van der Waals surface area contributed by atoms with Gasteiger partial charge in [0.1, 0.15) is 6.61 Å². The highest BCUT2D eigenvalue weighted by molar-refractivity contribution is 5.91. The molecule has 9 heteroatoms. The van der Waals surface area contributed by atoms with Gasteiger partial charge in [-0.25, -0.2) is 4.98 Å². The number of carbonyl (C=O) groups excluding carboxylic acids is 1. The van der Waals surface area contributed by atoms with Gasteiger partial charge in [-0.2, -0.15) is 13.2 Å². The van der Waals surface area contributed by atoms with E-state index in [2.05, 4.69) is 20.4 Å². The third-order valence-corrected chi connectivity index (χ3v) is 3.14. The lowest BCUT2D eigenvalue weighted by Crippen LogP contribution is -2.34. The van der Waals surface area contributed by atoms with Crippen molar-refractivity contribution in [3.05, 3.63) is 18.3 Å². The van der Waals surface area contributed by atoms with Gasteiger partial charge in [-0.1, -0.05) is 0 Å². The van der Waals surface area contributed by atoms with Crippen molar-refractivity contribution in [1.29, 1.82) is 0 Å². The van der Waals surface area contributed by atoms with Crippen molar-refractivity contribution >= 4 is 11.6 Å². The Balaban J connectivity index is 1.73. The molecule has 0 radical (unpaired) electrons. The summed E-state index contributed by atoms with van der Waals surface area (Å²) >= 11 is 0. The van der Waals surface area contributed by atoms with Crippen LogP contribution in [0.3, 0.4) is 0 Å². The van der Waals surface area contributed by atoms with Gasteiger partial charge in [0.2, 0.25) is 11.8 Å². The molecule has 1 saturated heterocycles. The summed E-state index contributed by atoms with van der Waals surface area (Å²) in [5.74, 6) is -0.499. The van der Waals surface area contributed by atoms with Crippen LogP contribution in [-0.2, 0) is 9.53 Å².